The van der Waals surface area contributed by atoms with Gasteiger partial charge in [-0.25, -0.2) is 8.42 Å². The Hall–Kier alpha value is -2.58. The van der Waals surface area contributed by atoms with Gasteiger partial charge in [0.05, 0.1) is 19.1 Å². The molecule has 1 fully saturated rings. The van der Waals surface area contributed by atoms with Crippen molar-refractivity contribution in [3.63, 3.8) is 0 Å². The van der Waals surface area contributed by atoms with Crippen molar-refractivity contribution in [1.82, 2.24) is 9.62 Å². The van der Waals surface area contributed by atoms with E-state index < -0.39 is 10.0 Å². The molecule has 2 aromatic carbocycles. The Morgan fingerprint density at radius 2 is 1.52 bits per heavy atom. The van der Waals surface area contributed by atoms with Crippen LogP contribution in [-0.2, 0) is 21.2 Å². The zero-order chi connectivity index (χ0) is 22.3. The van der Waals surface area contributed by atoms with Crippen LogP contribution in [0.4, 0.5) is 0 Å². The van der Waals surface area contributed by atoms with E-state index in [0.717, 1.165) is 18.6 Å². The highest BCUT2D eigenvalue weighted by atomic mass is 32.2. The van der Waals surface area contributed by atoms with E-state index in [1.807, 2.05) is 24.3 Å². The summed E-state index contributed by atoms with van der Waals surface area (Å²) in [5.74, 6) is 1.30. The monoisotopic (exact) mass is 446 g/mol. The van der Waals surface area contributed by atoms with Gasteiger partial charge in [-0.1, -0.05) is 12.1 Å². The summed E-state index contributed by atoms with van der Waals surface area (Å²) in [6.07, 6.45) is 2.78. The summed E-state index contributed by atoms with van der Waals surface area (Å²) in [7, 11) is -0.373. The highest BCUT2D eigenvalue weighted by Crippen LogP contribution is 2.25. The van der Waals surface area contributed by atoms with Crippen LogP contribution in [0.3, 0.4) is 0 Å². The SMILES string of the molecule is COc1ccc(CCCNC(=O)C2CCN(S(=O)(=O)c3ccc(OC)cc3)CC2)cc1. The van der Waals surface area contributed by atoms with Crippen molar-refractivity contribution in [3.8, 4) is 11.5 Å². The maximum absolute atomic E-state index is 12.8. The molecule has 7 nitrogen and oxygen atoms in total. The molecule has 0 atom stereocenters. The number of carbonyl (C=O) groups is 1. The molecule has 1 saturated heterocycles. The van der Waals surface area contributed by atoms with Crippen LogP contribution in [0.1, 0.15) is 24.8 Å². The van der Waals surface area contributed by atoms with Crippen molar-refractivity contribution in [2.75, 3.05) is 33.9 Å². The van der Waals surface area contributed by atoms with Crippen LogP contribution >= 0.6 is 0 Å². The molecule has 1 N–H and O–H groups in total. The molecule has 1 aliphatic rings. The second-order valence-corrected chi connectivity index (χ2v) is 9.53. The van der Waals surface area contributed by atoms with Gasteiger partial charge >= 0.3 is 0 Å². The van der Waals surface area contributed by atoms with Crippen molar-refractivity contribution < 1.29 is 22.7 Å². The fourth-order valence-electron chi connectivity index (χ4n) is 3.70. The third-order valence-electron chi connectivity index (χ3n) is 5.62. The zero-order valence-electron chi connectivity index (χ0n) is 18.0. The number of sulfonamides is 1. The molecule has 2 aromatic rings. The first kappa shape index (κ1) is 23.1. The number of carbonyl (C=O) groups excluding carboxylic acids is 1. The van der Waals surface area contributed by atoms with E-state index in [1.54, 1.807) is 38.5 Å². The predicted molar refractivity (Wildman–Crippen MR) is 119 cm³/mol. The Bertz CT molecular complexity index is 950. The molecule has 1 amide bonds. The Labute approximate surface area is 184 Å². The summed E-state index contributed by atoms with van der Waals surface area (Å²) < 4.78 is 37.4. The molecule has 8 heteroatoms. The van der Waals surface area contributed by atoms with E-state index in [-0.39, 0.29) is 16.7 Å². The first-order chi connectivity index (χ1) is 14.9. The Kier molecular flexibility index (Phi) is 7.92. The quantitative estimate of drug-likeness (QED) is 0.599. The van der Waals surface area contributed by atoms with Crippen molar-refractivity contribution in [2.24, 2.45) is 5.92 Å². The van der Waals surface area contributed by atoms with Crippen LogP contribution in [0.15, 0.2) is 53.4 Å². The van der Waals surface area contributed by atoms with E-state index in [0.29, 0.717) is 38.2 Å². The minimum atomic E-state index is -3.56. The highest BCUT2D eigenvalue weighted by molar-refractivity contribution is 7.89. The Balaban J connectivity index is 1.42. The molecule has 0 aromatic heterocycles. The van der Waals surface area contributed by atoms with Crippen molar-refractivity contribution >= 4 is 15.9 Å². The minimum absolute atomic E-state index is 0.0104. The molecule has 0 aliphatic carbocycles. The number of hydrogen-bond acceptors (Lipinski definition) is 5. The van der Waals surface area contributed by atoms with Gasteiger partial charge in [0.25, 0.3) is 0 Å². The zero-order valence-corrected chi connectivity index (χ0v) is 18.9. The van der Waals surface area contributed by atoms with E-state index >= 15 is 0 Å². The molecule has 0 radical (unpaired) electrons. The molecule has 1 heterocycles. The first-order valence-corrected chi connectivity index (χ1v) is 11.9. The normalized spacial score (nSPS) is 15.4. The third-order valence-corrected chi connectivity index (χ3v) is 7.54. The van der Waals surface area contributed by atoms with Crippen LogP contribution < -0.4 is 14.8 Å². The smallest absolute Gasteiger partial charge is 0.243 e. The predicted octanol–water partition coefficient (Wildman–Crippen LogP) is 2.85. The lowest BCUT2D eigenvalue weighted by Crippen LogP contribution is -2.43. The van der Waals surface area contributed by atoms with Crippen LogP contribution in [0.25, 0.3) is 0 Å². The number of nitrogens with one attached hydrogen (secondary N) is 1. The molecule has 0 bridgehead atoms. The minimum Gasteiger partial charge on any atom is -0.497 e. The number of ether oxygens (including phenoxy) is 2. The van der Waals surface area contributed by atoms with Gasteiger partial charge in [0, 0.05) is 25.6 Å². The number of nitrogens with zero attached hydrogens (tertiary/aromatic N) is 1. The van der Waals surface area contributed by atoms with Gasteiger partial charge in [0.1, 0.15) is 11.5 Å². The first-order valence-electron chi connectivity index (χ1n) is 10.5. The molecule has 31 heavy (non-hydrogen) atoms. The van der Waals surface area contributed by atoms with E-state index in [4.69, 9.17) is 9.47 Å². The Morgan fingerprint density at radius 3 is 2.06 bits per heavy atom. The molecule has 0 saturated carbocycles. The van der Waals surface area contributed by atoms with Gasteiger partial charge in [0.2, 0.25) is 15.9 Å². The van der Waals surface area contributed by atoms with Crippen LogP contribution in [0, 0.1) is 5.92 Å². The van der Waals surface area contributed by atoms with E-state index in [2.05, 4.69) is 5.32 Å². The standard InChI is InChI=1S/C23H30N2O5S/c1-29-20-7-5-18(6-8-20)4-3-15-24-23(26)19-13-16-25(17-14-19)31(27,28)22-11-9-21(30-2)10-12-22/h5-12,19H,3-4,13-17H2,1-2H3,(H,24,26). The van der Waals surface area contributed by atoms with Crippen LogP contribution in [-0.4, -0.2) is 52.5 Å². The molecular weight excluding hydrogens is 416 g/mol. The summed E-state index contributed by atoms with van der Waals surface area (Å²) >= 11 is 0. The van der Waals surface area contributed by atoms with Gasteiger partial charge in [-0.05, 0) is 67.6 Å². The number of hydrogen-bond donors (Lipinski definition) is 1. The Morgan fingerprint density at radius 1 is 0.968 bits per heavy atom. The van der Waals surface area contributed by atoms with Gasteiger partial charge < -0.3 is 14.8 Å². The highest BCUT2D eigenvalue weighted by Gasteiger charge is 2.31. The van der Waals surface area contributed by atoms with Crippen molar-refractivity contribution in [2.45, 2.75) is 30.6 Å². The third kappa shape index (κ3) is 5.98. The summed E-state index contributed by atoms with van der Waals surface area (Å²) in [5, 5.41) is 3.00. The number of benzene rings is 2. The second-order valence-electron chi connectivity index (χ2n) is 7.60. The largest absolute Gasteiger partial charge is 0.497 e. The maximum atomic E-state index is 12.8. The molecule has 3 rings (SSSR count). The molecule has 168 valence electrons. The van der Waals surface area contributed by atoms with Crippen molar-refractivity contribution in [1.29, 1.82) is 0 Å². The number of methoxy groups -OCH3 is 2. The molecule has 0 spiro atoms. The fraction of sp³-hybridized carbons (Fsp3) is 0.435. The van der Waals surface area contributed by atoms with E-state index in [9.17, 15) is 13.2 Å². The number of piperidine rings is 1. The number of aryl methyl sites for hydroxylation is 1. The summed E-state index contributed by atoms with van der Waals surface area (Å²) in [5.41, 5.74) is 1.20. The topological polar surface area (TPSA) is 84.9 Å². The van der Waals surface area contributed by atoms with Gasteiger partial charge in [-0.3, -0.25) is 4.79 Å². The van der Waals surface area contributed by atoms with Crippen molar-refractivity contribution in [3.05, 3.63) is 54.1 Å². The second kappa shape index (κ2) is 10.6. The van der Waals surface area contributed by atoms with E-state index in [1.165, 1.54) is 9.87 Å². The molecular formula is C23H30N2O5S. The van der Waals surface area contributed by atoms with Gasteiger partial charge in [-0.15, -0.1) is 0 Å². The van der Waals surface area contributed by atoms with Gasteiger partial charge in [0.15, 0.2) is 0 Å². The summed E-state index contributed by atoms with van der Waals surface area (Å²) in [6.45, 7) is 1.30. The lowest BCUT2D eigenvalue weighted by molar-refractivity contribution is -0.126. The summed E-state index contributed by atoms with van der Waals surface area (Å²) in [4.78, 5) is 12.7. The van der Waals surface area contributed by atoms with Crippen LogP contribution in [0.2, 0.25) is 0 Å². The average molecular weight is 447 g/mol. The number of amides is 1. The van der Waals surface area contributed by atoms with Crippen LogP contribution in [0.5, 0.6) is 11.5 Å². The summed E-state index contributed by atoms with van der Waals surface area (Å²) in [6, 6.07) is 14.3. The van der Waals surface area contributed by atoms with Gasteiger partial charge in [-0.2, -0.15) is 4.31 Å². The fourth-order valence-corrected chi connectivity index (χ4v) is 5.17. The lowest BCUT2D eigenvalue weighted by atomic mass is 9.97. The maximum Gasteiger partial charge on any atom is 0.243 e. The average Bonchev–Trinajstić information content (AvgIpc) is 2.82. The number of rotatable bonds is 9. The lowest BCUT2D eigenvalue weighted by Gasteiger charge is -2.30. The molecule has 0 unspecified atom stereocenters. The molecule has 1 aliphatic heterocycles.